The van der Waals surface area contributed by atoms with Gasteiger partial charge >= 0.3 is 0 Å². The fraction of sp³-hybridized carbons (Fsp3) is 0.265. The summed E-state index contributed by atoms with van der Waals surface area (Å²) in [4.78, 5) is 2.50. The van der Waals surface area contributed by atoms with Crippen LogP contribution in [-0.2, 0) is 10.8 Å². The number of anilines is 3. The lowest BCUT2D eigenvalue weighted by molar-refractivity contribution is -0.0399. The Balaban J connectivity index is 1.10. The molecule has 244 valence electrons. The molecule has 6 aromatic carbocycles. The third-order valence-corrected chi connectivity index (χ3v) is 13.8. The Morgan fingerprint density at radius 3 is 1.78 bits per heavy atom. The molecule has 1 nitrogen and oxygen atoms in total. The van der Waals surface area contributed by atoms with E-state index in [1.807, 2.05) is 0 Å². The maximum Gasteiger partial charge on any atom is 0.0468 e. The first kappa shape index (κ1) is 28.9. The van der Waals surface area contributed by atoms with Crippen molar-refractivity contribution >= 4 is 17.1 Å². The van der Waals surface area contributed by atoms with Crippen molar-refractivity contribution in [2.45, 2.75) is 56.8 Å². The molecule has 0 radical (unpaired) electrons. The van der Waals surface area contributed by atoms with Crippen LogP contribution in [-0.4, -0.2) is 0 Å². The number of rotatable bonds is 4. The first-order chi connectivity index (χ1) is 24.5. The summed E-state index contributed by atoms with van der Waals surface area (Å²) < 4.78 is 0. The Bertz CT molecular complexity index is 2280. The second kappa shape index (κ2) is 10.3. The standard InChI is InChI=1S/C49H43N/c1-48(2)44-16-10-9-15-40(44)41-21-18-39(30-46(41)48)50(37-13-7-4-8-14-37)38-19-22-45-43(29-38)42-20-17-34(33-11-5-3-6-12-33)28-47(42)49(45)35-24-31-23-32(26-35)27-36(49)25-31/h3-22,28-32,35-36H,23-27H2,1-2H3. The predicted molar refractivity (Wildman–Crippen MR) is 207 cm³/mol. The van der Waals surface area contributed by atoms with Crippen LogP contribution in [0.25, 0.3) is 33.4 Å². The van der Waals surface area contributed by atoms with E-state index < -0.39 is 0 Å². The zero-order valence-corrected chi connectivity index (χ0v) is 29.1. The van der Waals surface area contributed by atoms with Gasteiger partial charge in [0.15, 0.2) is 0 Å². The van der Waals surface area contributed by atoms with E-state index in [2.05, 4.69) is 158 Å². The molecule has 0 aliphatic heterocycles. The van der Waals surface area contributed by atoms with Gasteiger partial charge in [0.2, 0.25) is 0 Å². The Morgan fingerprint density at radius 1 is 0.420 bits per heavy atom. The summed E-state index contributed by atoms with van der Waals surface area (Å²) in [5.41, 5.74) is 18.1. The lowest BCUT2D eigenvalue weighted by atomic mass is 9.43. The highest BCUT2D eigenvalue weighted by molar-refractivity contribution is 5.90. The van der Waals surface area contributed by atoms with Crippen LogP contribution in [0, 0.1) is 23.7 Å². The Hall–Kier alpha value is -4.88. The van der Waals surface area contributed by atoms with Gasteiger partial charge in [-0.2, -0.15) is 0 Å². The minimum absolute atomic E-state index is 0.0521. The van der Waals surface area contributed by atoms with Crippen molar-refractivity contribution in [1.29, 1.82) is 0 Å². The summed E-state index contributed by atoms with van der Waals surface area (Å²) in [5, 5.41) is 0. The second-order valence-corrected chi connectivity index (χ2v) is 16.6. The van der Waals surface area contributed by atoms with E-state index in [-0.39, 0.29) is 10.8 Å². The van der Waals surface area contributed by atoms with Crippen molar-refractivity contribution in [1.82, 2.24) is 0 Å². The van der Waals surface area contributed by atoms with Crippen molar-refractivity contribution in [2.75, 3.05) is 4.90 Å². The van der Waals surface area contributed by atoms with E-state index in [1.54, 1.807) is 11.1 Å². The normalized spacial score (nSPS) is 25.6. The molecule has 4 saturated carbocycles. The third-order valence-electron chi connectivity index (χ3n) is 13.8. The number of para-hydroxylation sites is 1. The van der Waals surface area contributed by atoms with Gasteiger partial charge in [-0.15, -0.1) is 0 Å². The van der Waals surface area contributed by atoms with Crippen molar-refractivity contribution in [2.24, 2.45) is 23.7 Å². The van der Waals surface area contributed by atoms with Gasteiger partial charge < -0.3 is 4.90 Å². The molecule has 4 fully saturated rings. The Morgan fingerprint density at radius 2 is 1.02 bits per heavy atom. The topological polar surface area (TPSA) is 3.24 Å². The molecule has 0 N–H and O–H groups in total. The zero-order chi connectivity index (χ0) is 33.2. The van der Waals surface area contributed by atoms with E-state index in [9.17, 15) is 0 Å². The minimum Gasteiger partial charge on any atom is -0.310 e. The third kappa shape index (κ3) is 3.84. The lowest BCUT2D eigenvalue weighted by Crippen LogP contribution is -2.55. The molecule has 4 bridgehead atoms. The number of nitrogens with zero attached hydrogens (tertiary/aromatic N) is 1. The average Bonchev–Trinajstić information content (AvgIpc) is 3.56. The number of benzene rings is 6. The van der Waals surface area contributed by atoms with Crippen molar-refractivity contribution in [3.05, 3.63) is 162 Å². The first-order valence-corrected chi connectivity index (χ1v) is 18.9. The molecule has 1 heteroatoms. The van der Waals surface area contributed by atoms with E-state index in [4.69, 9.17) is 0 Å². The highest BCUT2D eigenvalue weighted by atomic mass is 15.1. The molecule has 0 aromatic heterocycles. The molecule has 0 saturated heterocycles. The van der Waals surface area contributed by atoms with Crippen LogP contribution in [0.4, 0.5) is 17.1 Å². The van der Waals surface area contributed by atoms with Crippen LogP contribution in [0.15, 0.2) is 140 Å². The quantitative estimate of drug-likeness (QED) is 0.184. The maximum atomic E-state index is 2.61. The van der Waals surface area contributed by atoms with Crippen LogP contribution < -0.4 is 4.90 Å². The van der Waals surface area contributed by atoms with Gasteiger partial charge in [-0.05, 0) is 154 Å². The SMILES string of the molecule is CC1(C)c2ccccc2-c2ccc(N(c3ccccc3)c3ccc4c(c3)-c3ccc(-c5ccccc5)cc3C43C4CC5CC(C4)CC3C5)cc21. The Labute approximate surface area is 296 Å². The molecule has 50 heavy (non-hydrogen) atoms. The largest absolute Gasteiger partial charge is 0.310 e. The summed E-state index contributed by atoms with van der Waals surface area (Å²) >= 11 is 0. The molecule has 6 aromatic rings. The highest BCUT2D eigenvalue weighted by Crippen LogP contribution is 2.70. The molecular weight excluding hydrogens is 603 g/mol. The smallest absolute Gasteiger partial charge is 0.0468 e. The van der Waals surface area contributed by atoms with Gasteiger partial charge in [0.25, 0.3) is 0 Å². The van der Waals surface area contributed by atoms with Crippen molar-refractivity contribution in [3.8, 4) is 33.4 Å². The molecular formula is C49H43N. The summed E-state index contributed by atoms with van der Waals surface area (Å²) in [7, 11) is 0. The van der Waals surface area contributed by atoms with Crippen molar-refractivity contribution in [3.63, 3.8) is 0 Å². The molecule has 0 unspecified atom stereocenters. The molecule has 0 atom stereocenters. The molecule has 0 amide bonds. The van der Waals surface area contributed by atoms with E-state index in [0.29, 0.717) is 0 Å². The van der Waals surface area contributed by atoms with E-state index in [1.165, 1.54) is 93.7 Å². The van der Waals surface area contributed by atoms with Gasteiger partial charge in [-0.25, -0.2) is 0 Å². The van der Waals surface area contributed by atoms with Gasteiger partial charge in [0, 0.05) is 27.9 Å². The average molecular weight is 646 g/mol. The Kier molecular flexibility index (Phi) is 5.97. The minimum atomic E-state index is -0.0521. The van der Waals surface area contributed by atoms with E-state index >= 15 is 0 Å². The monoisotopic (exact) mass is 645 g/mol. The van der Waals surface area contributed by atoms with Crippen LogP contribution in [0.2, 0.25) is 0 Å². The van der Waals surface area contributed by atoms with Crippen molar-refractivity contribution < 1.29 is 0 Å². The molecule has 1 spiro atoms. The molecule has 0 heterocycles. The zero-order valence-electron chi connectivity index (χ0n) is 29.1. The van der Waals surface area contributed by atoms with Crippen LogP contribution in [0.1, 0.15) is 68.2 Å². The lowest BCUT2D eigenvalue weighted by Gasteiger charge is -2.61. The fourth-order valence-corrected chi connectivity index (χ4v) is 12.0. The highest BCUT2D eigenvalue weighted by Gasteiger charge is 2.61. The van der Waals surface area contributed by atoms with Crippen LogP contribution in [0.3, 0.4) is 0 Å². The number of fused-ring (bicyclic) bond motifs is 6. The van der Waals surface area contributed by atoms with E-state index in [0.717, 1.165) is 23.7 Å². The van der Waals surface area contributed by atoms with Crippen LogP contribution >= 0.6 is 0 Å². The summed E-state index contributed by atoms with van der Waals surface area (Å²) in [6.07, 6.45) is 7.05. The van der Waals surface area contributed by atoms with Crippen LogP contribution in [0.5, 0.6) is 0 Å². The first-order valence-electron chi connectivity index (χ1n) is 18.9. The number of hydrogen-bond donors (Lipinski definition) is 0. The molecule has 6 aliphatic rings. The summed E-state index contributed by atoms with van der Waals surface area (Å²) in [6, 6.07) is 53.2. The fourth-order valence-electron chi connectivity index (χ4n) is 12.0. The van der Waals surface area contributed by atoms with Gasteiger partial charge in [-0.3, -0.25) is 0 Å². The van der Waals surface area contributed by atoms with Gasteiger partial charge in [0.05, 0.1) is 0 Å². The van der Waals surface area contributed by atoms with Gasteiger partial charge in [0.1, 0.15) is 0 Å². The van der Waals surface area contributed by atoms with Gasteiger partial charge in [-0.1, -0.05) is 111 Å². The summed E-state index contributed by atoms with van der Waals surface area (Å²) in [5.74, 6) is 3.33. The summed E-state index contributed by atoms with van der Waals surface area (Å²) in [6.45, 7) is 4.77. The molecule has 12 rings (SSSR count). The maximum absolute atomic E-state index is 2.61. The predicted octanol–water partition coefficient (Wildman–Crippen LogP) is 12.9. The second-order valence-electron chi connectivity index (χ2n) is 16.6. The number of hydrogen-bond acceptors (Lipinski definition) is 1. The molecule has 6 aliphatic carbocycles.